The van der Waals surface area contributed by atoms with Crippen molar-refractivity contribution in [3.05, 3.63) is 63.6 Å². The van der Waals surface area contributed by atoms with Crippen LogP contribution in [-0.4, -0.2) is 50.0 Å². The van der Waals surface area contributed by atoms with Crippen molar-refractivity contribution < 1.29 is 26.8 Å². The van der Waals surface area contributed by atoms with Gasteiger partial charge >= 0.3 is 0 Å². The highest BCUT2D eigenvalue weighted by atomic mass is 35.5. The van der Waals surface area contributed by atoms with Crippen LogP contribution in [0.15, 0.2) is 36.4 Å². The summed E-state index contributed by atoms with van der Waals surface area (Å²) in [6.45, 7) is 1.60. The lowest BCUT2D eigenvalue weighted by molar-refractivity contribution is -0.141. The van der Waals surface area contributed by atoms with Crippen molar-refractivity contribution in [3.8, 4) is 0 Å². The van der Waals surface area contributed by atoms with Crippen molar-refractivity contribution >= 4 is 50.7 Å². The maximum atomic E-state index is 13.8. The van der Waals surface area contributed by atoms with Crippen LogP contribution >= 0.6 is 23.2 Å². The third-order valence-electron chi connectivity index (χ3n) is 6.80. The molecule has 1 aliphatic rings. The molecule has 1 atom stereocenters. The maximum Gasteiger partial charge on any atom is 0.242 e. The average Bonchev–Trinajstić information content (AvgIpc) is 2.88. The van der Waals surface area contributed by atoms with E-state index in [9.17, 15) is 26.8 Å². The van der Waals surface area contributed by atoms with E-state index in [4.69, 9.17) is 23.2 Å². The molecule has 0 aliphatic heterocycles. The van der Waals surface area contributed by atoms with Gasteiger partial charge in [0.25, 0.3) is 0 Å². The molecule has 0 heterocycles. The molecule has 12 heteroatoms. The van der Waals surface area contributed by atoms with E-state index in [-0.39, 0.29) is 49.5 Å². The Morgan fingerprint density at radius 2 is 1.72 bits per heavy atom. The maximum absolute atomic E-state index is 13.8. The van der Waals surface area contributed by atoms with Crippen molar-refractivity contribution in [2.75, 3.05) is 17.1 Å². The molecule has 39 heavy (non-hydrogen) atoms. The number of sulfonamides is 1. The number of carbonyl (C=O) groups is 2. The zero-order valence-corrected chi connectivity index (χ0v) is 24.3. The highest BCUT2D eigenvalue weighted by molar-refractivity contribution is 7.92. The van der Waals surface area contributed by atoms with Gasteiger partial charge in [-0.15, -0.1) is 0 Å². The highest BCUT2D eigenvalue weighted by Gasteiger charge is 2.28. The zero-order valence-electron chi connectivity index (χ0n) is 21.9. The molecular formula is C27H33Cl2F2N3O4S. The van der Waals surface area contributed by atoms with Crippen LogP contribution in [-0.2, 0) is 26.2 Å². The normalized spacial score (nSPS) is 15.0. The molecule has 2 amide bonds. The van der Waals surface area contributed by atoms with Crippen molar-refractivity contribution in [1.29, 1.82) is 0 Å². The third kappa shape index (κ3) is 8.78. The monoisotopic (exact) mass is 603 g/mol. The largest absolute Gasteiger partial charge is 0.352 e. The Balaban J connectivity index is 1.75. The van der Waals surface area contributed by atoms with Gasteiger partial charge in [0.1, 0.15) is 6.04 Å². The van der Waals surface area contributed by atoms with Crippen LogP contribution in [0, 0.1) is 11.6 Å². The Hall–Kier alpha value is -2.43. The summed E-state index contributed by atoms with van der Waals surface area (Å²) in [5.41, 5.74) is 0.631. The van der Waals surface area contributed by atoms with Crippen LogP contribution in [0.25, 0.3) is 0 Å². The van der Waals surface area contributed by atoms with Crippen LogP contribution in [0.2, 0.25) is 10.0 Å². The van der Waals surface area contributed by atoms with Gasteiger partial charge in [-0.25, -0.2) is 17.2 Å². The molecule has 0 spiro atoms. The van der Waals surface area contributed by atoms with Gasteiger partial charge in [-0.3, -0.25) is 13.9 Å². The molecule has 1 fully saturated rings. The first-order valence-corrected chi connectivity index (χ1v) is 15.4. The SMILES string of the molecule is CC(C(=O)NC1CCCCC1)N(Cc1ccc(Cl)c(Cl)c1)C(=O)CCCN(c1ccc(F)c(F)c1)S(C)(=O)=O. The molecule has 0 aromatic heterocycles. The van der Waals surface area contributed by atoms with Gasteiger partial charge in [-0.2, -0.15) is 0 Å². The fraction of sp³-hybridized carbons (Fsp3) is 0.481. The summed E-state index contributed by atoms with van der Waals surface area (Å²) >= 11 is 12.2. The van der Waals surface area contributed by atoms with Gasteiger partial charge in [-0.1, -0.05) is 48.5 Å². The molecule has 2 aromatic carbocycles. The fourth-order valence-electron chi connectivity index (χ4n) is 4.63. The predicted molar refractivity (Wildman–Crippen MR) is 149 cm³/mol. The quantitative estimate of drug-likeness (QED) is 0.358. The summed E-state index contributed by atoms with van der Waals surface area (Å²) in [7, 11) is -3.84. The molecular weight excluding hydrogens is 571 g/mol. The van der Waals surface area contributed by atoms with Crippen LogP contribution in [0.4, 0.5) is 14.5 Å². The number of anilines is 1. The van der Waals surface area contributed by atoms with E-state index in [2.05, 4.69) is 5.32 Å². The van der Waals surface area contributed by atoms with E-state index in [1.807, 2.05) is 0 Å². The highest BCUT2D eigenvalue weighted by Crippen LogP contribution is 2.25. The lowest BCUT2D eigenvalue weighted by atomic mass is 9.95. The minimum atomic E-state index is -3.84. The number of hydrogen-bond acceptors (Lipinski definition) is 4. The van der Waals surface area contributed by atoms with Crippen LogP contribution in [0.3, 0.4) is 0 Å². The first kappa shape index (κ1) is 31.1. The van der Waals surface area contributed by atoms with E-state index < -0.39 is 27.7 Å². The predicted octanol–water partition coefficient (Wildman–Crippen LogP) is 5.68. The van der Waals surface area contributed by atoms with Crippen LogP contribution in [0.5, 0.6) is 0 Å². The number of amides is 2. The van der Waals surface area contributed by atoms with Crippen LogP contribution < -0.4 is 9.62 Å². The lowest BCUT2D eigenvalue weighted by Crippen LogP contribution is -2.50. The topological polar surface area (TPSA) is 86.8 Å². The third-order valence-corrected chi connectivity index (χ3v) is 8.73. The Morgan fingerprint density at radius 1 is 1.03 bits per heavy atom. The second-order valence-electron chi connectivity index (χ2n) is 9.83. The van der Waals surface area contributed by atoms with E-state index in [1.165, 1.54) is 4.90 Å². The van der Waals surface area contributed by atoms with Gasteiger partial charge in [0.2, 0.25) is 21.8 Å². The molecule has 1 unspecified atom stereocenters. The first-order valence-electron chi connectivity index (χ1n) is 12.8. The molecule has 0 radical (unpaired) electrons. The smallest absolute Gasteiger partial charge is 0.242 e. The molecule has 1 saturated carbocycles. The number of carbonyl (C=O) groups excluding carboxylic acids is 2. The van der Waals surface area contributed by atoms with Gasteiger partial charge in [0.15, 0.2) is 11.6 Å². The molecule has 3 rings (SSSR count). The molecule has 7 nitrogen and oxygen atoms in total. The Bertz CT molecular complexity index is 1290. The van der Waals surface area contributed by atoms with Crippen molar-refractivity contribution in [2.24, 2.45) is 0 Å². The minimum absolute atomic E-state index is 0.0447. The number of halogens is 4. The second-order valence-corrected chi connectivity index (χ2v) is 12.5. The molecule has 1 aliphatic carbocycles. The van der Waals surface area contributed by atoms with Crippen molar-refractivity contribution in [3.63, 3.8) is 0 Å². The number of rotatable bonds is 11. The molecule has 0 saturated heterocycles. The van der Waals surface area contributed by atoms with E-state index >= 15 is 0 Å². The zero-order chi connectivity index (χ0) is 28.7. The average molecular weight is 605 g/mol. The molecule has 2 aromatic rings. The minimum Gasteiger partial charge on any atom is -0.352 e. The molecule has 0 bridgehead atoms. The van der Waals surface area contributed by atoms with Gasteiger partial charge in [0.05, 0.1) is 22.0 Å². The second kappa shape index (κ2) is 13.8. The van der Waals surface area contributed by atoms with Crippen molar-refractivity contribution in [1.82, 2.24) is 10.2 Å². The summed E-state index contributed by atoms with van der Waals surface area (Å²) < 4.78 is 52.8. The summed E-state index contributed by atoms with van der Waals surface area (Å²) in [5.74, 6) is -2.91. The van der Waals surface area contributed by atoms with E-state index in [0.717, 1.165) is 60.9 Å². The van der Waals surface area contributed by atoms with Crippen molar-refractivity contribution in [2.45, 2.75) is 70.5 Å². The van der Waals surface area contributed by atoms with Crippen LogP contribution in [0.1, 0.15) is 57.4 Å². The first-order chi connectivity index (χ1) is 18.4. The number of nitrogens with zero attached hydrogens (tertiary/aromatic N) is 2. The van der Waals surface area contributed by atoms with E-state index in [1.54, 1.807) is 25.1 Å². The summed E-state index contributed by atoms with van der Waals surface area (Å²) in [5, 5.41) is 3.73. The standard InChI is InChI=1S/C27H33Cl2F2N3O4S/c1-18(27(36)32-20-7-4-3-5-8-20)33(17-19-10-12-22(28)23(29)15-19)26(35)9-6-14-34(39(2,37)38)21-11-13-24(30)25(31)16-21/h10-13,15-16,18,20H,3-9,14,17H2,1-2H3,(H,32,36). The van der Waals surface area contributed by atoms with Gasteiger partial charge < -0.3 is 10.2 Å². The number of benzene rings is 2. The Kier molecular flexibility index (Phi) is 11.0. The fourth-order valence-corrected chi connectivity index (χ4v) is 5.91. The molecule has 1 N–H and O–H groups in total. The molecule has 214 valence electrons. The summed E-state index contributed by atoms with van der Waals surface area (Å²) in [6, 6.07) is 7.03. The van der Waals surface area contributed by atoms with Gasteiger partial charge in [-0.05, 0) is 56.0 Å². The Labute approximate surface area is 238 Å². The number of hydrogen-bond donors (Lipinski definition) is 1. The summed E-state index contributed by atoms with van der Waals surface area (Å²) in [4.78, 5) is 28.0. The number of nitrogens with one attached hydrogen (secondary N) is 1. The van der Waals surface area contributed by atoms with Gasteiger partial charge in [0, 0.05) is 31.6 Å². The Morgan fingerprint density at radius 3 is 2.33 bits per heavy atom. The summed E-state index contributed by atoms with van der Waals surface area (Å²) in [6.07, 6.45) is 5.95. The van der Waals surface area contributed by atoms with E-state index in [0.29, 0.717) is 15.6 Å². The lowest BCUT2D eigenvalue weighted by Gasteiger charge is -2.31.